The van der Waals surface area contributed by atoms with E-state index in [0.29, 0.717) is 21.3 Å². The van der Waals surface area contributed by atoms with Gasteiger partial charge in [-0.3, -0.25) is 4.79 Å². The van der Waals surface area contributed by atoms with E-state index >= 15 is 0 Å². The minimum absolute atomic E-state index is 0.0840. The van der Waals surface area contributed by atoms with E-state index in [2.05, 4.69) is 0 Å². The molecule has 0 saturated heterocycles. The van der Waals surface area contributed by atoms with Crippen LogP contribution in [0.25, 0.3) is 21.3 Å². The van der Waals surface area contributed by atoms with Gasteiger partial charge in [-0.15, -0.1) is 11.3 Å². The maximum atomic E-state index is 12.1. The third kappa shape index (κ3) is 1.43. The van der Waals surface area contributed by atoms with E-state index in [4.69, 9.17) is 9.52 Å². The lowest BCUT2D eigenvalue weighted by atomic mass is 10.1. The summed E-state index contributed by atoms with van der Waals surface area (Å²) in [5.41, 5.74) is 0.849. The van der Waals surface area contributed by atoms with E-state index in [-0.39, 0.29) is 11.0 Å². The molecule has 2 heterocycles. The Labute approximate surface area is 98.7 Å². The van der Waals surface area contributed by atoms with Crippen molar-refractivity contribution in [1.82, 2.24) is 0 Å². The largest absolute Gasteiger partial charge is 0.478 e. The average Bonchev–Trinajstić information content (AvgIpc) is 2.77. The van der Waals surface area contributed by atoms with Gasteiger partial charge in [-0.1, -0.05) is 0 Å². The van der Waals surface area contributed by atoms with Crippen molar-refractivity contribution in [2.24, 2.45) is 0 Å². The highest BCUT2D eigenvalue weighted by molar-refractivity contribution is 7.17. The van der Waals surface area contributed by atoms with Crippen LogP contribution < -0.4 is 5.43 Å². The third-order valence-electron chi connectivity index (χ3n) is 2.53. The Morgan fingerprint density at radius 1 is 1.24 bits per heavy atom. The molecule has 1 N–H and O–H groups in total. The van der Waals surface area contributed by atoms with Crippen LogP contribution in [-0.4, -0.2) is 11.1 Å². The first-order valence-electron chi connectivity index (χ1n) is 4.84. The summed E-state index contributed by atoms with van der Waals surface area (Å²) >= 11 is 1.29. The molecular weight excluding hydrogens is 240 g/mol. The van der Waals surface area contributed by atoms with Crippen LogP contribution in [0.4, 0.5) is 0 Å². The van der Waals surface area contributed by atoms with Crippen molar-refractivity contribution in [3.63, 3.8) is 0 Å². The average molecular weight is 246 g/mol. The second-order valence-corrected chi connectivity index (χ2v) is 4.48. The molecule has 3 aromatic rings. The summed E-state index contributed by atoms with van der Waals surface area (Å²) in [5.74, 6) is -1.06. The van der Waals surface area contributed by atoms with Crippen LogP contribution in [0.15, 0.2) is 38.9 Å². The molecule has 4 nitrogen and oxygen atoms in total. The fourth-order valence-electron chi connectivity index (χ4n) is 1.71. The molecule has 0 aliphatic rings. The molecule has 17 heavy (non-hydrogen) atoms. The Kier molecular flexibility index (Phi) is 2.02. The van der Waals surface area contributed by atoms with Gasteiger partial charge in [0.15, 0.2) is 0 Å². The normalized spacial score (nSPS) is 11.1. The van der Waals surface area contributed by atoms with Crippen LogP contribution in [0.5, 0.6) is 0 Å². The first-order chi connectivity index (χ1) is 8.16. The van der Waals surface area contributed by atoms with Crippen LogP contribution >= 0.6 is 11.3 Å². The summed E-state index contributed by atoms with van der Waals surface area (Å²) < 4.78 is 6.03. The number of carboxylic acid groups (broad SMARTS) is 1. The van der Waals surface area contributed by atoms with E-state index in [9.17, 15) is 9.59 Å². The summed E-state index contributed by atoms with van der Waals surface area (Å²) in [7, 11) is 0. The summed E-state index contributed by atoms with van der Waals surface area (Å²) in [6.07, 6.45) is 0. The van der Waals surface area contributed by atoms with Crippen LogP contribution in [0.2, 0.25) is 0 Å². The number of thiophene rings is 1. The molecular formula is C12H6O4S. The molecule has 0 saturated carbocycles. The van der Waals surface area contributed by atoms with Gasteiger partial charge in [0.25, 0.3) is 0 Å². The van der Waals surface area contributed by atoms with Crippen molar-refractivity contribution in [3.8, 4) is 0 Å². The molecule has 0 aliphatic carbocycles. The van der Waals surface area contributed by atoms with Crippen molar-refractivity contribution in [3.05, 3.63) is 45.4 Å². The first-order valence-corrected chi connectivity index (χ1v) is 5.72. The number of hydrogen-bond acceptors (Lipinski definition) is 4. The maximum absolute atomic E-state index is 12.1. The number of aromatic carboxylic acids is 1. The van der Waals surface area contributed by atoms with Gasteiger partial charge in [0.2, 0.25) is 5.43 Å². The highest BCUT2D eigenvalue weighted by Crippen LogP contribution is 2.23. The summed E-state index contributed by atoms with van der Waals surface area (Å²) in [5, 5.41) is 11.0. The van der Waals surface area contributed by atoms with E-state index < -0.39 is 5.97 Å². The molecule has 0 bridgehead atoms. The third-order valence-corrected chi connectivity index (χ3v) is 3.42. The van der Waals surface area contributed by atoms with Crippen molar-refractivity contribution in [2.45, 2.75) is 0 Å². The number of hydrogen-bond donors (Lipinski definition) is 1. The van der Waals surface area contributed by atoms with Gasteiger partial charge in [0.05, 0.1) is 10.9 Å². The smallest absolute Gasteiger partial charge is 0.335 e. The zero-order chi connectivity index (χ0) is 12.0. The number of carboxylic acids is 1. The lowest BCUT2D eigenvalue weighted by molar-refractivity contribution is 0.0697. The van der Waals surface area contributed by atoms with Gasteiger partial charge < -0.3 is 9.52 Å². The fourth-order valence-corrected chi connectivity index (χ4v) is 2.48. The Morgan fingerprint density at radius 2 is 2.06 bits per heavy atom. The molecule has 0 radical (unpaired) electrons. The SMILES string of the molecule is O=C(O)c1ccc2oc3ccsc3c(=O)c2c1. The van der Waals surface area contributed by atoms with Crippen molar-refractivity contribution in [2.75, 3.05) is 0 Å². The van der Waals surface area contributed by atoms with Gasteiger partial charge in [0, 0.05) is 0 Å². The lowest BCUT2D eigenvalue weighted by Crippen LogP contribution is -2.02. The topological polar surface area (TPSA) is 67.5 Å². The number of fused-ring (bicyclic) bond motifs is 2. The molecule has 0 amide bonds. The highest BCUT2D eigenvalue weighted by Gasteiger charge is 2.11. The van der Waals surface area contributed by atoms with Crippen molar-refractivity contribution in [1.29, 1.82) is 0 Å². The van der Waals surface area contributed by atoms with Crippen LogP contribution in [-0.2, 0) is 0 Å². The van der Waals surface area contributed by atoms with Crippen LogP contribution in [0, 0.1) is 0 Å². The van der Waals surface area contributed by atoms with Crippen LogP contribution in [0.3, 0.4) is 0 Å². The molecule has 0 unspecified atom stereocenters. The van der Waals surface area contributed by atoms with E-state index in [1.165, 1.54) is 29.5 Å². The molecule has 5 heteroatoms. The maximum Gasteiger partial charge on any atom is 0.335 e. The first kappa shape index (κ1) is 10.0. The Bertz CT molecular complexity index is 797. The second-order valence-electron chi connectivity index (χ2n) is 3.56. The zero-order valence-corrected chi connectivity index (χ0v) is 9.28. The van der Waals surface area contributed by atoms with Gasteiger partial charge in [-0.05, 0) is 29.6 Å². The minimum Gasteiger partial charge on any atom is -0.478 e. The summed E-state index contributed by atoms with van der Waals surface area (Å²) in [4.78, 5) is 22.9. The summed E-state index contributed by atoms with van der Waals surface area (Å²) in [6, 6.07) is 6.01. The molecule has 0 atom stereocenters. The number of benzene rings is 1. The van der Waals surface area contributed by atoms with Crippen LogP contribution in [0.1, 0.15) is 10.4 Å². The Morgan fingerprint density at radius 3 is 2.82 bits per heavy atom. The quantitative estimate of drug-likeness (QED) is 0.716. The minimum atomic E-state index is -1.06. The zero-order valence-electron chi connectivity index (χ0n) is 8.47. The van der Waals surface area contributed by atoms with E-state index in [0.717, 1.165) is 0 Å². The highest BCUT2D eigenvalue weighted by atomic mass is 32.1. The number of rotatable bonds is 1. The van der Waals surface area contributed by atoms with Gasteiger partial charge >= 0.3 is 5.97 Å². The van der Waals surface area contributed by atoms with Gasteiger partial charge in [-0.2, -0.15) is 0 Å². The molecule has 84 valence electrons. The summed E-state index contributed by atoms with van der Waals surface area (Å²) in [6.45, 7) is 0. The van der Waals surface area contributed by atoms with Gasteiger partial charge in [-0.25, -0.2) is 4.79 Å². The molecule has 1 aromatic carbocycles. The molecule has 0 aliphatic heterocycles. The fraction of sp³-hybridized carbons (Fsp3) is 0. The predicted molar refractivity (Wildman–Crippen MR) is 64.8 cm³/mol. The molecule has 0 fully saturated rings. The van der Waals surface area contributed by atoms with E-state index in [1.54, 1.807) is 11.4 Å². The monoisotopic (exact) mass is 246 g/mol. The van der Waals surface area contributed by atoms with E-state index in [1.807, 2.05) is 0 Å². The molecule has 2 aromatic heterocycles. The Hall–Kier alpha value is -2.14. The predicted octanol–water partition coefficient (Wildman–Crippen LogP) is 2.71. The Balaban J connectivity index is 2.50. The standard InChI is InChI=1S/C12H6O4S/c13-10-7-5-6(12(14)15)1-2-8(7)16-9-3-4-17-11(9)10/h1-5H,(H,14,15). The van der Waals surface area contributed by atoms with Crippen molar-refractivity contribution < 1.29 is 14.3 Å². The molecule has 0 spiro atoms. The second kappa shape index (κ2) is 3.43. The lowest BCUT2D eigenvalue weighted by Gasteiger charge is -1.99. The van der Waals surface area contributed by atoms with Gasteiger partial charge in [0.1, 0.15) is 15.9 Å². The van der Waals surface area contributed by atoms with Crippen molar-refractivity contribution >= 4 is 38.6 Å². The number of carbonyl (C=O) groups is 1. The molecule has 3 rings (SSSR count).